The Hall–Kier alpha value is -2.34. The molecule has 11 nitrogen and oxygen atoms in total. The highest BCUT2D eigenvalue weighted by Crippen LogP contribution is 1.97. The summed E-state index contributed by atoms with van der Waals surface area (Å²) in [6, 6.07) is -4.82. The zero-order chi connectivity index (χ0) is 19.7. The predicted octanol–water partition coefficient (Wildman–Crippen LogP) is -2.70. The third-order valence-corrected chi connectivity index (χ3v) is 3.34. The third-order valence-electron chi connectivity index (χ3n) is 2.97. The molecule has 0 aromatic rings. The summed E-state index contributed by atoms with van der Waals surface area (Å²) in [6.45, 7) is 2.63. The van der Waals surface area contributed by atoms with Crippen LogP contribution in [0.15, 0.2) is 0 Å². The summed E-state index contributed by atoms with van der Waals surface area (Å²) in [6.07, 6.45) is -0.715. The van der Waals surface area contributed by atoms with Gasteiger partial charge in [0.15, 0.2) is 0 Å². The summed E-state index contributed by atoms with van der Waals surface area (Å²) in [5.41, 5.74) is 5.34. The molecule has 25 heavy (non-hydrogen) atoms. The molecule has 0 aromatic carbocycles. The van der Waals surface area contributed by atoms with Crippen LogP contribution in [0.1, 0.15) is 20.3 Å². The van der Waals surface area contributed by atoms with Crippen LogP contribution in [-0.2, 0) is 24.0 Å². The van der Waals surface area contributed by atoms with Crippen molar-refractivity contribution in [3.63, 3.8) is 0 Å². The van der Waals surface area contributed by atoms with Gasteiger partial charge in [0.25, 0.3) is 0 Å². The second kappa shape index (κ2) is 10.5. The van der Waals surface area contributed by atoms with Crippen LogP contribution in [0.2, 0.25) is 0 Å². The molecular weight excluding hydrogens is 356 g/mol. The van der Waals surface area contributed by atoms with Crippen molar-refractivity contribution < 1.29 is 34.2 Å². The predicted molar refractivity (Wildman–Crippen MR) is 88.9 cm³/mol. The molecule has 142 valence electrons. The number of hydrogen-bond donors (Lipinski definition) is 7. The van der Waals surface area contributed by atoms with E-state index < -0.39 is 60.2 Å². The number of rotatable bonds is 10. The van der Waals surface area contributed by atoms with E-state index in [-0.39, 0.29) is 5.75 Å². The van der Waals surface area contributed by atoms with Gasteiger partial charge in [0.2, 0.25) is 17.7 Å². The summed E-state index contributed by atoms with van der Waals surface area (Å²) < 4.78 is 0. The van der Waals surface area contributed by atoms with E-state index in [1.165, 1.54) is 13.8 Å². The molecule has 0 radical (unpaired) electrons. The first kappa shape index (κ1) is 22.7. The lowest BCUT2D eigenvalue weighted by Crippen LogP contribution is -2.56. The highest BCUT2D eigenvalue weighted by molar-refractivity contribution is 7.80. The average molecular weight is 378 g/mol. The fourth-order valence-electron chi connectivity index (χ4n) is 1.55. The lowest BCUT2D eigenvalue weighted by Gasteiger charge is -2.21. The van der Waals surface area contributed by atoms with Gasteiger partial charge in [0, 0.05) is 5.75 Å². The molecule has 12 heteroatoms. The van der Waals surface area contributed by atoms with E-state index in [9.17, 15) is 24.0 Å². The van der Waals surface area contributed by atoms with Gasteiger partial charge in [-0.3, -0.25) is 19.2 Å². The van der Waals surface area contributed by atoms with Crippen LogP contribution in [0.5, 0.6) is 0 Å². The second-order valence-electron chi connectivity index (χ2n) is 5.26. The number of thiol groups is 1. The van der Waals surface area contributed by atoms with Gasteiger partial charge in [-0.05, 0) is 13.8 Å². The number of carboxylic acids is 2. The average Bonchev–Trinajstić information content (AvgIpc) is 2.50. The molecule has 0 spiro atoms. The van der Waals surface area contributed by atoms with E-state index >= 15 is 0 Å². The molecule has 0 aromatic heterocycles. The zero-order valence-electron chi connectivity index (χ0n) is 13.7. The Kier molecular flexibility index (Phi) is 9.53. The van der Waals surface area contributed by atoms with Crippen molar-refractivity contribution in [1.82, 2.24) is 16.0 Å². The van der Waals surface area contributed by atoms with Crippen LogP contribution >= 0.6 is 12.6 Å². The molecule has 3 amide bonds. The van der Waals surface area contributed by atoms with Gasteiger partial charge in [-0.15, -0.1) is 0 Å². The van der Waals surface area contributed by atoms with E-state index in [0.29, 0.717) is 0 Å². The molecule has 0 aliphatic rings. The van der Waals surface area contributed by atoms with Crippen LogP contribution in [0.25, 0.3) is 0 Å². The quantitative estimate of drug-likeness (QED) is 0.200. The van der Waals surface area contributed by atoms with E-state index in [1.54, 1.807) is 0 Å². The number of carboxylic acid groups (broad SMARTS) is 2. The number of nitrogens with two attached hydrogens (primary N) is 1. The van der Waals surface area contributed by atoms with Gasteiger partial charge in [0.1, 0.15) is 18.1 Å². The van der Waals surface area contributed by atoms with Gasteiger partial charge in [-0.1, -0.05) is 0 Å². The number of hydrogen-bond acceptors (Lipinski definition) is 7. The van der Waals surface area contributed by atoms with Crippen LogP contribution < -0.4 is 21.7 Å². The van der Waals surface area contributed by atoms with Crippen LogP contribution in [0, 0.1) is 0 Å². The minimum Gasteiger partial charge on any atom is -0.481 e. The normalized spacial score (nSPS) is 15.2. The molecule has 0 rings (SSSR count). The Morgan fingerprint density at radius 3 is 1.84 bits per heavy atom. The number of amides is 3. The van der Waals surface area contributed by atoms with Crippen molar-refractivity contribution in [3.05, 3.63) is 0 Å². The maximum Gasteiger partial charge on any atom is 0.327 e. The Bertz CT molecular complexity index is 540. The molecule has 0 aliphatic heterocycles. The first-order valence-electron chi connectivity index (χ1n) is 7.21. The molecule has 0 heterocycles. The van der Waals surface area contributed by atoms with E-state index in [2.05, 4.69) is 28.6 Å². The Morgan fingerprint density at radius 2 is 1.44 bits per heavy atom. The van der Waals surface area contributed by atoms with Gasteiger partial charge < -0.3 is 31.9 Å². The van der Waals surface area contributed by atoms with Gasteiger partial charge in [-0.25, -0.2) is 4.79 Å². The van der Waals surface area contributed by atoms with Gasteiger partial charge >= 0.3 is 11.9 Å². The van der Waals surface area contributed by atoms with Crippen LogP contribution in [0.4, 0.5) is 0 Å². The zero-order valence-corrected chi connectivity index (χ0v) is 14.6. The second-order valence-corrected chi connectivity index (χ2v) is 5.63. The number of aliphatic carboxylic acids is 2. The molecule has 0 aliphatic carbocycles. The minimum atomic E-state index is -1.44. The molecule has 4 unspecified atom stereocenters. The topological polar surface area (TPSA) is 188 Å². The van der Waals surface area contributed by atoms with Gasteiger partial charge in [-0.2, -0.15) is 12.6 Å². The first-order valence-corrected chi connectivity index (χ1v) is 7.85. The summed E-state index contributed by atoms with van der Waals surface area (Å²) in [4.78, 5) is 57.2. The van der Waals surface area contributed by atoms with E-state index in [1.807, 2.05) is 0 Å². The molecule has 4 atom stereocenters. The van der Waals surface area contributed by atoms with Crippen molar-refractivity contribution in [1.29, 1.82) is 0 Å². The lowest BCUT2D eigenvalue weighted by molar-refractivity contribution is -0.142. The Morgan fingerprint density at radius 1 is 0.920 bits per heavy atom. The third kappa shape index (κ3) is 8.35. The summed E-state index contributed by atoms with van der Waals surface area (Å²) >= 11 is 3.79. The van der Waals surface area contributed by atoms with Crippen LogP contribution in [-0.4, -0.2) is 69.8 Å². The fraction of sp³-hybridized carbons (Fsp3) is 0.615. The van der Waals surface area contributed by atoms with E-state index in [0.717, 1.165) is 0 Å². The van der Waals surface area contributed by atoms with Crippen molar-refractivity contribution in [3.8, 4) is 0 Å². The smallest absolute Gasteiger partial charge is 0.327 e. The number of carbonyl (C=O) groups is 5. The highest BCUT2D eigenvalue weighted by Gasteiger charge is 2.28. The molecule has 0 saturated heterocycles. The van der Waals surface area contributed by atoms with Gasteiger partial charge in [0.05, 0.1) is 12.5 Å². The van der Waals surface area contributed by atoms with Crippen molar-refractivity contribution >= 4 is 42.3 Å². The molecule has 0 saturated carbocycles. The summed E-state index contributed by atoms with van der Waals surface area (Å²) in [5.74, 6) is -5.26. The number of carbonyl (C=O) groups excluding carboxylic acids is 3. The molecule has 7 N–H and O–H groups in total. The highest BCUT2D eigenvalue weighted by atomic mass is 32.1. The minimum absolute atomic E-state index is 0.159. The van der Waals surface area contributed by atoms with Crippen molar-refractivity contribution in [2.75, 3.05) is 5.75 Å². The van der Waals surface area contributed by atoms with Crippen molar-refractivity contribution in [2.24, 2.45) is 5.73 Å². The molecule has 0 fully saturated rings. The summed E-state index contributed by atoms with van der Waals surface area (Å²) in [5, 5.41) is 24.2. The maximum atomic E-state index is 12.1. The Labute approximate surface area is 149 Å². The van der Waals surface area contributed by atoms with E-state index in [4.69, 9.17) is 15.9 Å². The maximum absolute atomic E-state index is 12.1. The molecule has 0 bridgehead atoms. The SMILES string of the molecule is CC(N)C(=O)NC(CC(=O)O)C(=O)NC(C)C(=O)NC(CS)C(=O)O. The summed E-state index contributed by atoms with van der Waals surface area (Å²) in [7, 11) is 0. The monoisotopic (exact) mass is 378 g/mol. The fourth-order valence-corrected chi connectivity index (χ4v) is 1.80. The Balaban J connectivity index is 4.90. The number of nitrogens with one attached hydrogen (secondary N) is 3. The van der Waals surface area contributed by atoms with Crippen LogP contribution in [0.3, 0.4) is 0 Å². The molecular formula is C13H22N4O7S. The lowest BCUT2D eigenvalue weighted by atomic mass is 10.1. The van der Waals surface area contributed by atoms with Crippen molar-refractivity contribution in [2.45, 2.75) is 44.4 Å². The first-order chi connectivity index (χ1) is 11.5. The standard InChI is InChI=1S/C13H22N4O7S/c1-5(14)10(20)16-7(3-9(18)19)12(22)15-6(2)11(21)17-8(4-25)13(23)24/h5-8,25H,3-4,14H2,1-2H3,(H,15,22)(H,16,20)(H,17,21)(H,18,19)(H,23,24). The largest absolute Gasteiger partial charge is 0.481 e.